The Labute approximate surface area is 102 Å². The Bertz CT molecular complexity index is 546. The van der Waals surface area contributed by atoms with Crippen LogP contribution in [0.25, 0.3) is 0 Å². The van der Waals surface area contributed by atoms with Crippen LogP contribution in [-0.4, -0.2) is 9.91 Å². The van der Waals surface area contributed by atoms with Gasteiger partial charge in [0.15, 0.2) is 0 Å². The number of nitrogens with two attached hydrogens (primary N) is 1. The van der Waals surface area contributed by atoms with E-state index < -0.39 is 4.92 Å². The van der Waals surface area contributed by atoms with E-state index in [0.29, 0.717) is 10.6 Å². The fraction of sp³-hybridized carbons (Fsp3) is 0. The van der Waals surface area contributed by atoms with Crippen LogP contribution in [0.2, 0.25) is 0 Å². The van der Waals surface area contributed by atoms with Crippen LogP contribution in [0.4, 0.5) is 11.4 Å². The summed E-state index contributed by atoms with van der Waals surface area (Å²) in [5.74, 6) is 0. The lowest BCUT2D eigenvalue weighted by Gasteiger charge is -2.02. The van der Waals surface area contributed by atoms with E-state index in [4.69, 9.17) is 5.73 Å². The van der Waals surface area contributed by atoms with Gasteiger partial charge in [-0.3, -0.25) is 10.1 Å². The molecule has 0 saturated heterocycles. The van der Waals surface area contributed by atoms with Crippen molar-refractivity contribution < 1.29 is 4.92 Å². The zero-order valence-corrected chi connectivity index (χ0v) is 9.55. The molecule has 0 saturated carbocycles. The lowest BCUT2D eigenvalue weighted by atomic mass is 10.3. The van der Waals surface area contributed by atoms with Crippen molar-refractivity contribution in [2.24, 2.45) is 0 Å². The van der Waals surface area contributed by atoms with Crippen LogP contribution in [0.5, 0.6) is 0 Å². The SMILES string of the molecule is Nc1cc(Sc2ccccn2)cc([N+](=O)[O-])c1. The molecule has 86 valence electrons. The molecule has 1 aromatic carbocycles. The molecule has 5 nitrogen and oxygen atoms in total. The van der Waals surface area contributed by atoms with Crippen molar-refractivity contribution in [2.45, 2.75) is 9.92 Å². The highest BCUT2D eigenvalue weighted by Gasteiger charge is 2.09. The number of hydrogen-bond donors (Lipinski definition) is 1. The predicted octanol–water partition coefficient (Wildman–Crippen LogP) is 2.72. The molecule has 1 heterocycles. The number of nitro groups is 1. The molecule has 17 heavy (non-hydrogen) atoms. The molecular formula is C11H9N3O2S. The van der Waals surface area contributed by atoms with Gasteiger partial charge in [-0.15, -0.1) is 0 Å². The molecule has 0 aliphatic heterocycles. The largest absolute Gasteiger partial charge is 0.398 e. The maximum absolute atomic E-state index is 10.7. The quantitative estimate of drug-likeness (QED) is 0.512. The van der Waals surface area contributed by atoms with Gasteiger partial charge in [-0.05, 0) is 18.2 Å². The number of benzene rings is 1. The van der Waals surface area contributed by atoms with Crippen molar-refractivity contribution >= 4 is 23.1 Å². The standard InChI is InChI=1S/C11H9N3O2S/c12-8-5-9(14(15)16)7-10(6-8)17-11-3-1-2-4-13-11/h1-7H,12H2. The summed E-state index contributed by atoms with van der Waals surface area (Å²) < 4.78 is 0. The molecule has 0 radical (unpaired) electrons. The van der Waals surface area contributed by atoms with E-state index in [0.717, 1.165) is 5.03 Å². The third-order valence-electron chi connectivity index (χ3n) is 1.98. The molecule has 0 atom stereocenters. The molecule has 1 aromatic heterocycles. The summed E-state index contributed by atoms with van der Waals surface area (Å²) in [4.78, 5) is 15.1. The molecule has 0 unspecified atom stereocenters. The number of pyridine rings is 1. The Balaban J connectivity index is 2.30. The Morgan fingerprint density at radius 3 is 2.76 bits per heavy atom. The van der Waals surface area contributed by atoms with E-state index >= 15 is 0 Å². The predicted molar refractivity (Wildman–Crippen MR) is 65.9 cm³/mol. The first kappa shape index (κ1) is 11.4. The summed E-state index contributed by atoms with van der Waals surface area (Å²) >= 11 is 1.34. The van der Waals surface area contributed by atoms with E-state index in [9.17, 15) is 10.1 Å². The highest BCUT2D eigenvalue weighted by molar-refractivity contribution is 7.99. The molecule has 6 heteroatoms. The van der Waals surface area contributed by atoms with Gasteiger partial charge in [-0.2, -0.15) is 0 Å². The van der Waals surface area contributed by atoms with E-state index in [1.807, 2.05) is 18.2 Å². The maximum atomic E-state index is 10.7. The van der Waals surface area contributed by atoms with Crippen molar-refractivity contribution in [1.29, 1.82) is 0 Å². The maximum Gasteiger partial charge on any atom is 0.272 e. The normalized spacial score (nSPS) is 10.1. The molecule has 0 spiro atoms. The zero-order valence-electron chi connectivity index (χ0n) is 8.74. The Morgan fingerprint density at radius 2 is 2.12 bits per heavy atom. The summed E-state index contributed by atoms with van der Waals surface area (Å²) in [5, 5.41) is 11.5. The number of nitrogen functional groups attached to an aromatic ring is 1. The van der Waals surface area contributed by atoms with Crippen LogP contribution < -0.4 is 5.73 Å². The van der Waals surface area contributed by atoms with Crippen molar-refractivity contribution in [1.82, 2.24) is 4.98 Å². The number of hydrogen-bond acceptors (Lipinski definition) is 5. The molecule has 2 aromatic rings. The first-order chi connectivity index (χ1) is 8.15. The van der Waals surface area contributed by atoms with Crippen LogP contribution in [0.3, 0.4) is 0 Å². The zero-order chi connectivity index (χ0) is 12.3. The summed E-state index contributed by atoms with van der Waals surface area (Å²) in [6, 6.07) is 10.0. The van der Waals surface area contributed by atoms with Gasteiger partial charge in [0.25, 0.3) is 5.69 Å². The lowest BCUT2D eigenvalue weighted by Crippen LogP contribution is -1.92. The highest BCUT2D eigenvalue weighted by atomic mass is 32.2. The summed E-state index contributed by atoms with van der Waals surface area (Å²) in [5.41, 5.74) is 5.97. The second-order valence-corrected chi connectivity index (χ2v) is 4.38. The van der Waals surface area contributed by atoms with Crippen molar-refractivity contribution in [2.75, 3.05) is 5.73 Å². The monoisotopic (exact) mass is 247 g/mol. The summed E-state index contributed by atoms with van der Waals surface area (Å²) in [6.07, 6.45) is 1.67. The number of rotatable bonds is 3. The van der Waals surface area contributed by atoms with Gasteiger partial charge in [0.2, 0.25) is 0 Å². The summed E-state index contributed by atoms with van der Waals surface area (Å²) in [7, 11) is 0. The first-order valence-corrected chi connectivity index (χ1v) is 5.60. The van der Waals surface area contributed by atoms with Crippen LogP contribution in [0.15, 0.2) is 52.5 Å². The van der Waals surface area contributed by atoms with E-state index in [1.54, 1.807) is 12.3 Å². The van der Waals surface area contributed by atoms with Crippen LogP contribution in [0.1, 0.15) is 0 Å². The van der Waals surface area contributed by atoms with E-state index in [1.165, 1.54) is 23.9 Å². The average molecular weight is 247 g/mol. The first-order valence-electron chi connectivity index (χ1n) is 4.79. The van der Waals surface area contributed by atoms with Crippen LogP contribution >= 0.6 is 11.8 Å². The second-order valence-electron chi connectivity index (χ2n) is 3.29. The van der Waals surface area contributed by atoms with Gasteiger partial charge in [-0.1, -0.05) is 17.8 Å². The molecular weight excluding hydrogens is 238 g/mol. The molecule has 0 aliphatic rings. The fourth-order valence-electron chi connectivity index (χ4n) is 1.30. The third-order valence-corrected chi connectivity index (χ3v) is 2.91. The van der Waals surface area contributed by atoms with Gasteiger partial charge in [0.05, 0.1) is 4.92 Å². The van der Waals surface area contributed by atoms with Crippen molar-refractivity contribution in [3.63, 3.8) is 0 Å². The van der Waals surface area contributed by atoms with Gasteiger partial charge in [-0.25, -0.2) is 4.98 Å². The van der Waals surface area contributed by atoms with E-state index in [2.05, 4.69) is 4.98 Å². The van der Waals surface area contributed by atoms with Crippen molar-refractivity contribution in [3.8, 4) is 0 Å². The molecule has 0 amide bonds. The minimum absolute atomic E-state index is 0.0107. The minimum Gasteiger partial charge on any atom is -0.398 e. The molecule has 0 fully saturated rings. The van der Waals surface area contributed by atoms with Crippen LogP contribution in [-0.2, 0) is 0 Å². The van der Waals surface area contributed by atoms with Gasteiger partial charge < -0.3 is 5.73 Å². The number of aromatic nitrogens is 1. The highest BCUT2D eigenvalue weighted by Crippen LogP contribution is 2.30. The third kappa shape index (κ3) is 2.94. The second kappa shape index (κ2) is 4.84. The Hall–Kier alpha value is -2.08. The Kier molecular flexibility index (Phi) is 3.24. The van der Waals surface area contributed by atoms with Crippen LogP contribution in [0, 0.1) is 10.1 Å². The number of anilines is 1. The molecule has 2 rings (SSSR count). The van der Waals surface area contributed by atoms with Gasteiger partial charge in [0, 0.05) is 28.9 Å². The molecule has 0 aliphatic carbocycles. The summed E-state index contributed by atoms with van der Waals surface area (Å²) in [6.45, 7) is 0. The lowest BCUT2D eigenvalue weighted by molar-refractivity contribution is -0.385. The average Bonchev–Trinajstić information content (AvgIpc) is 2.29. The fourth-order valence-corrected chi connectivity index (χ4v) is 2.17. The smallest absolute Gasteiger partial charge is 0.272 e. The Morgan fingerprint density at radius 1 is 1.29 bits per heavy atom. The van der Waals surface area contributed by atoms with Gasteiger partial charge >= 0.3 is 0 Å². The number of non-ortho nitro benzene ring substituents is 1. The van der Waals surface area contributed by atoms with E-state index in [-0.39, 0.29) is 5.69 Å². The molecule has 0 bridgehead atoms. The topological polar surface area (TPSA) is 82.0 Å². The van der Waals surface area contributed by atoms with Crippen molar-refractivity contribution in [3.05, 3.63) is 52.7 Å². The number of nitro benzene ring substituents is 1. The number of nitrogens with zero attached hydrogens (tertiary/aromatic N) is 2. The van der Waals surface area contributed by atoms with Gasteiger partial charge in [0.1, 0.15) is 5.03 Å². The minimum atomic E-state index is -0.459. The molecule has 2 N–H and O–H groups in total.